The summed E-state index contributed by atoms with van der Waals surface area (Å²) >= 11 is 5.96. The molecule has 128 valence electrons. The summed E-state index contributed by atoms with van der Waals surface area (Å²) in [5.41, 5.74) is 1.80. The van der Waals surface area contributed by atoms with E-state index in [1.807, 2.05) is 31.2 Å². The smallest absolute Gasteiger partial charge is 0.265 e. The van der Waals surface area contributed by atoms with E-state index in [0.717, 1.165) is 17.7 Å². The van der Waals surface area contributed by atoms with Crippen molar-refractivity contribution in [2.45, 2.75) is 45.6 Å². The van der Waals surface area contributed by atoms with Crippen molar-refractivity contribution in [2.75, 3.05) is 5.32 Å². The number of nitrogens with one attached hydrogen (secondary N) is 1. The van der Waals surface area contributed by atoms with Crippen molar-refractivity contribution >= 4 is 23.2 Å². The quantitative estimate of drug-likeness (QED) is 0.704. The van der Waals surface area contributed by atoms with Crippen LogP contribution in [-0.4, -0.2) is 12.0 Å². The van der Waals surface area contributed by atoms with Gasteiger partial charge < -0.3 is 10.1 Å². The number of carbonyl (C=O) groups is 1. The maximum absolute atomic E-state index is 12.5. The first kappa shape index (κ1) is 18.3. The first-order valence-corrected chi connectivity index (χ1v) is 8.75. The first-order chi connectivity index (χ1) is 11.5. The predicted octanol–water partition coefficient (Wildman–Crippen LogP) is 5.65. The van der Waals surface area contributed by atoms with Crippen LogP contribution < -0.4 is 10.1 Å². The topological polar surface area (TPSA) is 38.3 Å². The fourth-order valence-electron chi connectivity index (χ4n) is 2.48. The monoisotopic (exact) mass is 345 g/mol. The number of carbonyl (C=O) groups excluding carboxylic acids is 1. The van der Waals surface area contributed by atoms with Crippen LogP contribution in [0.1, 0.15) is 45.1 Å². The first-order valence-electron chi connectivity index (χ1n) is 8.37. The van der Waals surface area contributed by atoms with Crippen LogP contribution >= 0.6 is 11.6 Å². The Labute approximate surface area is 149 Å². The Hall–Kier alpha value is -2.00. The molecule has 24 heavy (non-hydrogen) atoms. The lowest BCUT2D eigenvalue weighted by Gasteiger charge is -2.21. The SMILES string of the molecule is CCC(Oc1ccccc1C(C)CC)C(=O)Nc1cccc(Cl)c1. The van der Waals surface area contributed by atoms with Crippen LogP contribution in [0.25, 0.3) is 0 Å². The number of hydrogen-bond acceptors (Lipinski definition) is 2. The molecule has 3 nitrogen and oxygen atoms in total. The Balaban J connectivity index is 2.13. The van der Waals surface area contributed by atoms with Crippen molar-refractivity contribution in [1.82, 2.24) is 0 Å². The number of ether oxygens (including phenoxy) is 1. The average Bonchev–Trinajstić information content (AvgIpc) is 2.59. The van der Waals surface area contributed by atoms with E-state index < -0.39 is 6.10 Å². The maximum Gasteiger partial charge on any atom is 0.265 e. The number of anilines is 1. The maximum atomic E-state index is 12.5. The summed E-state index contributed by atoms with van der Waals surface area (Å²) in [5, 5.41) is 3.46. The molecule has 1 amide bonds. The Morgan fingerprint density at radius 1 is 1.12 bits per heavy atom. The minimum atomic E-state index is -0.547. The molecule has 2 atom stereocenters. The van der Waals surface area contributed by atoms with E-state index in [1.165, 1.54) is 0 Å². The van der Waals surface area contributed by atoms with E-state index in [1.54, 1.807) is 18.2 Å². The fourth-order valence-corrected chi connectivity index (χ4v) is 2.67. The minimum absolute atomic E-state index is 0.168. The molecule has 2 unspecified atom stereocenters. The van der Waals surface area contributed by atoms with Crippen LogP contribution in [0.3, 0.4) is 0 Å². The third-order valence-corrected chi connectivity index (χ3v) is 4.32. The molecule has 0 saturated heterocycles. The van der Waals surface area contributed by atoms with E-state index in [2.05, 4.69) is 25.2 Å². The Morgan fingerprint density at radius 3 is 2.54 bits per heavy atom. The summed E-state index contributed by atoms with van der Waals surface area (Å²) in [6, 6.07) is 15.0. The zero-order valence-corrected chi connectivity index (χ0v) is 15.1. The summed E-state index contributed by atoms with van der Waals surface area (Å²) in [4.78, 5) is 12.5. The number of halogens is 1. The Kier molecular flexibility index (Phi) is 6.68. The molecule has 0 aromatic heterocycles. The summed E-state index contributed by atoms with van der Waals surface area (Å²) < 4.78 is 6.04. The van der Waals surface area contributed by atoms with Gasteiger partial charge in [-0.25, -0.2) is 0 Å². The molecule has 0 aliphatic carbocycles. The van der Waals surface area contributed by atoms with Crippen molar-refractivity contribution in [3.8, 4) is 5.75 Å². The van der Waals surface area contributed by atoms with Crippen LogP contribution in [0.2, 0.25) is 5.02 Å². The zero-order valence-electron chi connectivity index (χ0n) is 14.4. The van der Waals surface area contributed by atoms with Crippen LogP contribution in [0, 0.1) is 0 Å². The molecule has 0 heterocycles. The van der Waals surface area contributed by atoms with Gasteiger partial charge >= 0.3 is 0 Å². The summed E-state index contributed by atoms with van der Waals surface area (Å²) in [6.07, 6.45) is 1.06. The number of para-hydroxylation sites is 1. The van der Waals surface area contributed by atoms with Crippen LogP contribution in [-0.2, 0) is 4.79 Å². The van der Waals surface area contributed by atoms with Gasteiger partial charge in [0.2, 0.25) is 0 Å². The van der Waals surface area contributed by atoms with Gasteiger partial charge in [0, 0.05) is 10.7 Å². The van der Waals surface area contributed by atoms with E-state index in [-0.39, 0.29) is 5.91 Å². The molecule has 4 heteroatoms. The number of benzene rings is 2. The second-order valence-corrected chi connectivity index (χ2v) is 6.30. The molecule has 2 aromatic rings. The second-order valence-electron chi connectivity index (χ2n) is 5.86. The van der Waals surface area contributed by atoms with Gasteiger partial charge in [-0.2, -0.15) is 0 Å². The van der Waals surface area contributed by atoms with E-state index >= 15 is 0 Å². The average molecular weight is 346 g/mol. The van der Waals surface area contributed by atoms with Crippen LogP contribution in [0.4, 0.5) is 5.69 Å². The van der Waals surface area contributed by atoms with Crippen LogP contribution in [0.15, 0.2) is 48.5 Å². The highest BCUT2D eigenvalue weighted by molar-refractivity contribution is 6.30. The summed E-state index contributed by atoms with van der Waals surface area (Å²) in [7, 11) is 0. The molecule has 0 saturated carbocycles. The molecule has 1 N–H and O–H groups in total. The van der Waals surface area contributed by atoms with Crippen molar-refractivity contribution in [2.24, 2.45) is 0 Å². The normalized spacial score (nSPS) is 13.2. The zero-order chi connectivity index (χ0) is 17.5. The lowest BCUT2D eigenvalue weighted by Crippen LogP contribution is -2.32. The second kappa shape index (κ2) is 8.74. The van der Waals surface area contributed by atoms with Gasteiger partial charge in [-0.3, -0.25) is 4.79 Å². The Bertz CT molecular complexity index is 687. The number of amides is 1. The standard InChI is InChI=1S/C20H24ClNO2/c1-4-14(3)17-11-6-7-12-19(17)24-18(5-2)20(23)22-16-10-8-9-15(21)13-16/h6-14,18H,4-5H2,1-3H3,(H,22,23). The number of hydrogen-bond donors (Lipinski definition) is 1. The molecular formula is C20H24ClNO2. The van der Waals surface area contributed by atoms with Gasteiger partial charge in [-0.05, 0) is 48.6 Å². The van der Waals surface area contributed by atoms with Gasteiger partial charge in [-0.1, -0.05) is 56.6 Å². The molecule has 0 bridgehead atoms. The lowest BCUT2D eigenvalue weighted by molar-refractivity contribution is -0.122. The molecular weight excluding hydrogens is 322 g/mol. The third-order valence-electron chi connectivity index (χ3n) is 4.09. The molecule has 0 aliphatic heterocycles. The van der Waals surface area contributed by atoms with Crippen molar-refractivity contribution in [3.63, 3.8) is 0 Å². The van der Waals surface area contributed by atoms with Crippen LogP contribution in [0.5, 0.6) is 5.75 Å². The predicted molar refractivity (Wildman–Crippen MR) is 99.9 cm³/mol. The fraction of sp³-hybridized carbons (Fsp3) is 0.350. The lowest BCUT2D eigenvalue weighted by atomic mass is 9.98. The van der Waals surface area contributed by atoms with E-state index in [9.17, 15) is 4.79 Å². The van der Waals surface area contributed by atoms with Crippen molar-refractivity contribution < 1.29 is 9.53 Å². The van der Waals surface area contributed by atoms with E-state index in [4.69, 9.17) is 16.3 Å². The highest BCUT2D eigenvalue weighted by Crippen LogP contribution is 2.29. The van der Waals surface area contributed by atoms with Gasteiger partial charge in [0.15, 0.2) is 6.10 Å². The van der Waals surface area contributed by atoms with E-state index in [0.29, 0.717) is 23.0 Å². The molecule has 0 fully saturated rings. The molecule has 2 rings (SSSR count). The molecule has 0 aliphatic rings. The summed E-state index contributed by atoms with van der Waals surface area (Å²) in [5.74, 6) is 0.994. The van der Waals surface area contributed by atoms with Gasteiger partial charge in [-0.15, -0.1) is 0 Å². The van der Waals surface area contributed by atoms with Gasteiger partial charge in [0.05, 0.1) is 0 Å². The molecule has 0 spiro atoms. The van der Waals surface area contributed by atoms with Crippen molar-refractivity contribution in [1.29, 1.82) is 0 Å². The number of rotatable bonds is 7. The van der Waals surface area contributed by atoms with Crippen molar-refractivity contribution in [3.05, 3.63) is 59.1 Å². The van der Waals surface area contributed by atoms with Gasteiger partial charge in [0.25, 0.3) is 5.91 Å². The third kappa shape index (κ3) is 4.75. The Morgan fingerprint density at radius 2 is 1.88 bits per heavy atom. The molecule has 2 aromatic carbocycles. The highest BCUT2D eigenvalue weighted by atomic mass is 35.5. The molecule has 0 radical (unpaired) electrons. The largest absolute Gasteiger partial charge is 0.480 e. The highest BCUT2D eigenvalue weighted by Gasteiger charge is 2.21. The minimum Gasteiger partial charge on any atom is -0.480 e. The summed E-state index contributed by atoms with van der Waals surface area (Å²) in [6.45, 7) is 6.24. The van der Waals surface area contributed by atoms with Gasteiger partial charge in [0.1, 0.15) is 5.75 Å².